The summed E-state index contributed by atoms with van der Waals surface area (Å²) in [5.41, 5.74) is 0.968. The van der Waals surface area contributed by atoms with Gasteiger partial charge in [0, 0.05) is 0 Å². The van der Waals surface area contributed by atoms with Crippen molar-refractivity contribution in [3.63, 3.8) is 0 Å². The first-order valence-corrected chi connectivity index (χ1v) is 9.48. The molecule has 8 heteroatoms. The van der Waals surface area contributed by atoms with E-state index in [9.17, 15) is 4.39 Å². The smallest absolute Gasteiger partial charge is 0.457 e. The van der Waals surface area contributed by atoms with E-state index in [1.165, 1.54) is 18.5 Å². The van der Waals surface area contributed by atoms with Crippen LogP contribution in [0.1, 0.15) is 33.3 Å². The molecule has 150 valence electrons. The first-order valence-electron chi connectivity index (χ1n) is 9.48. The van der Waals surface area contributed by atoms with Crippen molar-refractivity contribution >= 4 is 12.6 Å². The lowest BCUT2D eigenvalue weighted by atomic mass is 9.76. The number of nitrogens with zero attached hydrogens (tertiary/aromatic N) is 3. The Morgan fingerprint density at radius 1 is 1.00 bits per heavy atom. The summed E-state index contributed by atoms with van der Waals surface area (Å²) in [7, 11) is -0.501. The van der Waals surface area contributed by atoms with Crippen LogP contribution in [0.4, 0.5) is 4.39 Å². The van der Waals surface area contributed by atoms with E-state index in [1.807, 2.05) is 45.9 Å². The molecular weight excluding hydrogens is 372 g/mol. The summed E-state index contributed by atoms with van der Waals surface area (Å²) in [5.74, 6) is 0.883. The van der Waals surface area contributed by atoms with Crippen LogP contribution in [0.25, 0.3) is 0 Å². The molecule has 2 heterocycles. The molecule has 0 amide bonds. The third-order valence-corrected chi connectivity index (χ3v) is 5.47. The normalized spacial score (nSPS) is 17.5. The van der Waals surface area contributed by atoms with Gasteiger partial charge in [-0.2, -0.15) is 5.10 Å². The summed E-state index contributed by atoms with van der Waals surface area (Å²) in [6.45, 7) is 8.58. The summed E-state index contributed by atoms with van der Waals surface area (Å²) in [6.07, 6.45) is 3.15. The lowest BCUT2D eigenvalue weighted by Gasteiger charge is -2.32. The number of hydrogen-bond donors (Lipinski definition) is 0. The average molecular weight is 395 g/mol. The molecule has 1 aliphatic rings. The molecule has 3 aromatic rings. The number of aromatic nitrogens is 3. The largest absolute Gasteiger partial charge is 0.495 e. The average Bonchev–Trinajstić information content (AvgIpc) is 3.23. The van der Waals surface area contributed by atoms with Gasteiger partial charge in [0.15, 0.2) is 0 Å². The van der Waals surface area contributed by atoms with E-state index in [-0.39, 0.29) is 5.82 Å². The molecule has 6 nitrogen and oxygen atoms in total. The first kappa shape index (κ1) is 19.6. The fourth-order valence-corrected chi connectivity index (χ4v) is 3.11. The SMILES string of the molecule is CC1(C)OB(c2ccc(Oc3ccc(F)cc3)cc2Cn2cncn2)OC1(C)C. The van der Waals surface area contributed by atoms with Gasteiger partial charge in [-0.15, -0.1) is 0 Å². The molecule has 4 rings (SSSR count). The first-order chi connectivity index (χ1) is 13.7. The highest BCUT2D eigenvalue weighted by atomic mass is 19.1. The fraction of sp³-hybridized carbons (Fsp3) is 0.333. The van der Waals surface area contributed by atoms with E-state index in [2.05, 4.69) is 10.1 Å². The van der Waals surface area contributed by atoms with Crippen LogP contribution in [-0.4, -0.2) is 33.1 Å². The molecule has 29 heavy (non-hydrogen) atoms. The second-order valence-corrected chi connectivity index (χ2v) is 8.10. The van der Waals surface area contributed by atoms with Gasteiger partial charge >= 0.3 is 7.12 Å². The highest BCUT2D eigenvalue weighted by Gasteiger charge is 2.52. The highest BCUT2D eigenvalue weighted by Crippen LogP contribution is 2.37. The molecule has 0 radical (unpaired) electrons. The van der Waals surface area contributed by atoms with Crippen LogP contribution in [0.15, 0.2) is 55.1 Å². The van der Waals surface area contributed by atoms with Crippen LogP contribution in [-0.2, 0) is 15.9 Å². The Hall–Kier alpha value is -2.71. The van der Waals surface area contributed by atoms with Crippen molar-refractivity contribution in [3.8, 4) is 11.5 Å². The third kappa shape index (κ3) is 4.04. The molecule has 2 aromatic carbocycles. The Bertz CT molecular complexity index is 975. The zero-order chi connectivity index (χ0) is 20.6. The summed E-state index contributed by atoms with van der Waals surface area (Å²) < 4.78 is 33.2. The number of benzene rings is 2. The molecule has 0 N–H and O–H groups in total. The molecule has 0 bridgehead atoms. The maximum atomic E-state index is 13.2. The topological polar surface area (TPSA) is 58.4 Å². The lowest BCUT2D eigenvalue weighted by Crippen LogP contribution is -2.41. The number of hydrogen-bond acceptors (Lipinski definition) is 5. The van der Waals surface area contributed by atoms with Crippen LogP contribution in [0.3, 0.4) is 0 Å². The quantitative estimate of drug-likeness (QED) is 0.619. The summed E-state index contributed by atoms with van der Waals surface area (Å²) in [6, 6.07) is 11.6. The Morgan fingerprint density at radius 3 is 2.28 bits per heavy atom. The third-order valence-electron chi connectivity index (χ3n) is 5.47. The standard InChI is InChI=1S/C21H23BFN3O3/c1-20(2)21(3,4)29-22(28-20)19-10-9-18(27-17-7-5-16(23)6-8-17)11-15(19)12-26-14-24-13-25-26/h5-11,13-14H,12H2,1-4H3. The van der Waals surface area contributed by atoms with Gasteiger partial charge in [0.25, 0.3) is 0 Å². The number of rotatable bonds is 5. The van der Waals surface area contributed by atoms with Crippen molar-refractivity contribution in [3.05, 3.63) is 66.5 Å². The van der Waals surface area contributed by atoms with E-state index in [0.717, 1.165) is 11.0 Å². The van der Waals surface area contributed by atoms with Crippen molar-refractivity contribution in [2.45, 2.75) is 45.4 Å². The molecule has 1 aliphatic heterocycles. The van der Waals surface area contributed by atoms with Gasteiger partial charge in [0.1, 0.15) is 30.0 Å². The molecule has 1 aromatic heterocycles. The van der Waals surface area contributed by atoms with Gasteiger partial charge in [-0.1, -0.05) is 6.07 Å². The van der Waals surface area contributed by atoms with Gasteiger partial charge in [0.2, 0.25) is 0 Å². The van der Waals surface area contributed by atoms with Crippen LogP contribution in [0.2, 0.25) is 0 Å². The lowest BCUT2D eigenvalue weighted by molar-refractivity contribution is 0.00578. The van der Waals surface area contributed by atoms with Crippen LogP contribution >= 0.6 is 0 Å². The molecule has 0 atom stereocenters. The molecule has 0 aliphatic carbocycles. The van der Waals surface area contributed by atoms with E-state index >= 15 is 0 Å². The van der Waals surface area contributed by atoms with E-state index < -0.39 is 18.3 Å². The summed E-state index contributed by atoms with van der Waals surface area (Å²) in [5, 5.41) is 4.20. The van der Waals surface area contributed by atoms with Crippen molar-refractivity contribution < 1.29 is 18.4 Å². The predicted molar refractivity (Wildman–Crippen MR) is 108 cm³/mol. The predicted octanol–water partition coefficient (Wildman–Crippen LogP) is 3.56. The zero-order valence-electron chi connectivity index (χ0n) is 16.9. The van der Waals surface area contributed by atoms with Crippen molar-refractivity contribution in [2.75, 3.05) is 0 Å². The Morgan fingerprint density at radius 2 is 1.66 bits per heavy atom. The number of ether oxygens (including phenoxy) is 1. The summed E-state index contributed by atoms with van der Waals surface area (Å²) in [4.78, 5) is 4.01. The van der Waals surface area contributed by atoms with E-state index in [4.69, 9.17) is 14.0 Å². The number of halogens is 1. The Labute approximate surface area is 169 Å². The zero-order valence-corrected chi connectivity index (χ0v) is 16.9. The van der Waals surface area contributed by atoms with Gasteiger partial charge in [-0.25, -0.2) is 14.1 Å². The van der Waals surface area contributed by atoms with E-state index in [0.29, 0.717) is 18.0 Å². The van der Waals surface area contributed by atoms with Crippen molar-refractivity contribution in [1.29, 1.82) is 0 Å². The van der Waals surface area contributed by atoms with Gasteiger partial charge in [0.05, 0.1) is 17.7 Å². The van der Waals surface area contributed by atoms with Crippen LogP contribution in [0.5, 0.6) is 11.5 Å². The summed E-state index contributed by atoms with van der Waals surface area (Å²) >= 11 is 0. The maximum absolute atomic E-state index is 13.2. The molecule has 0 spiro atoms. The molecule has 0 unspecified atom stereocenters. The minimum Gasteiger partial charge on any atom is -0.457 e. The second-order valence-electron chi connectivity index (χ2n) is 8.10. The Balaban J connectivity index is 1.66. The van der Waals surface area contributed by atoms with Crippen LogP contribution in [0, 0.1) is 5.82 Å². The minimum atomic E-state index is -0.501. The van der Waals surface area contributed by atoms with Gasteiger partial charge in [-0.3, -0.25) is 0 Å². The molecule has 1 saturated heterocycles. The van der Waals surface area contributed by atoms with Crippen LogP contribution < -0.4 is 10.2 Å². The van der Waals surface area contributed by atoms with Crippen molar-refractivity contribution in [1.82, 2.24) is 14.8 Å². The van der Waals surface area contributed by atoms with Crippen molar-refractivity contribution in [2.24, 2.45) is 0 Å². The Kier molecular flexibility index (Phi) is 4.92. The highest BCUT2D eigenvalue weighted by molar-refractivity contribution is 6.62. The maximum Gasteiger partial charge on any atom is 0.495 e. The van der Waals surface area contributed by atoms with Gasteiger partial charge < -0.3 is 14.0 Å². The molecule has 1 fully saturated rings. The second kappa shape index (κ2) is 7.28. The molecule has 0 saturated carbocycles. The molecular formula is C21H23BFN3O3. The minimum absolute atomic E-state index is 0.305. The van der Waals surface area contributed by atoms with E-state index in [1.54, 1.807) is 23.1 Å². The fourth-order valence-electron chi connectivity index (χ4n) is 3.11. The monoisotopic (exact) mass is 395 g/mol. The van der Waals surface area contributed by atoms with Gasteiger partial charge in [-0.05, 0) is 75.1 Å².